The number of hydrogen-bond donors (Lipinski definition) is 1. The summed E-state index contributed by atoms with van der Waals surface area (Å²) in [5, 5.41) is 3.39. The number of nitrogens with zero attached hydrogens (tertiary/aromatic N) is 3. The molecule has 6 nitrogen and oxygen atoms in total. The maximum atomic E-state index is 12.4. The van der Waals surface area contributed by atoms with Gasteiger partial charge < -0.3 is 19.9 Å². The van der Waals surface area contributed by atoms with E-state index in [4.69, 9.17) is 9.73 Å². The third-order valence-electron chi connectivity index (χ3n) is 5.09. The van der Waals surface area contributed by atoms with Crippen LogP contribution in [-0.2, 0) is 16.6 Å². The lowest BCUT2D eigenvalue weighted by Crippen LogP contribution is -2.52. The minimum atomic E-state index is -0.906. The summed E-state index contributed by atoms with van der Waals surface area (Å²) in [6.45, 7) is 7.05. The van der Waals surface area contributed by atoms with E-state index in [0.29, 0.717) is 18.1 Å². The molecule has 2 aromatic rings. The molecule has 7 heteroatoms. The predicted molar refractivity (Wildman–Crippen MR) is 126 cm³/mol. The van der Waals surface area contributed by atoms with Crippen LogP contribution >= 0.6 is 0 Å². The fourth-order valence-corrected chi connectivity index (χ4v) is 4.57. The van der Waals surface area contributed by atoms with Crippen LogP contribution in [0.1, 0.15) is 12.5 Å². The number of para-hydroxylation sites is 2. The van der Waals surface area contributed by atoms with Crippen molar-refractivity contribution in [1.29, 1.82) is 0 Å². The molecule has 1 unspecified atom stereocenters. The summed E-state index contributed by atoms with van der Waals surface area (Å²) in [6, 6.07) is 18.1. The Morgan fingerprint density at radius 3 is 2.47 bits per heavy atom. The first kappa shape index (κ1) is 22.2. The molecule has 1 aliphatic heterocycles. The summed E-state index contributed by atoms with van der Waals surface area (Å²) in [5.41, 5.74) is 2.25. The number of anilines is 1. The van der Waals surface area contributed by atoms with Gasteiger partial charge in [0.15, 0.2) is 5.96 Å². The molecule has 0 amide bonds. The lowest BCUT2D eigenvalue weighted by Gasteiger charge is -2.38. The monoisotopic (exact) mass is 428 g/mol. The van der Waals surface area contributed by atoms with E-state index in [-0.39, 0.29) is 0 Å². The van der Waals surface area contributed by atoms with Crippen LogP contribution < -0.4 is 15.0 Å². The Kier molecular flexibility index (Phi) is 8.56. The quantitative estimate of drug-likeness (QED) is 0.518. The van der Waals surface area contributed by atoms with Gasteiger partial charge in [-0.1, -0.05) is 42.5 Å². The van der Waals surface area contributed by atoms with Gasteiger partial charge in [0.1, 0.15) is 5.75 Å². The number of piperazine rings is 1. The molecule has 162 valence electrons. The molecule has 0 aliphatic carbocycles. The molecule has 0 bridgehead atoms. The number of guanidine groups is 1. The van der Waals surface area contributed by atoms with Gasteiger partial charge in [0.05, 0.1) is 19.3 Å². The van der Waals surface area contributed by atoms with Crippen molar-refractivity contribution in [3.63, 3.8) is 0 Å². The fourth-order valence-electron chi connectivity index (χ4n) is 3.56. The normalized spacial score (nSPS) is 15.7. The first-order chi connectivity index (χ1) is 14.7. The summed E-state index contributed by atoms with van der Waals surface area (Å²) in [6.07, 6.45) is 0. The third-order valence-corrected chi connectivity index (χ3v) is 6.38. The van der Waals surface area contributed by atoms with E-state index in [1.807, 2.05) is 48.5 Å². The van der Waals surface area contributed by atoms with Crippen LogP contribution in [0.2, 0.25) is 0 Å². The number of ether oxygens (including phenoxy) is 1. The number of methoxy groups -OCH3 is 1. The molecular formula is C23H32N4O2S. The number of hydrogen-bond acceptors (Lipinski definition) is 4. The second-order valence-corrected chi connectivity index (χ2v) is 8.73. The Morgan fingerprint density at radius 1 is 1.07 bits per heavy atom. The molecule has 1 fully saturated rings. The Bertz CT molecular complexity index is 836. The van der Waals surface area contributed by atoms with E-state index in [0.717, 1.165) is 55.7 Å². The molecule has 0 spiro atoms. The van der Waals surface area contributed by atoms with E-state index >= 15 is 0 Å². The summed E-state index contributed by atoms with van der Waals surface area (Å²) < 4.78 is 17.9. The molecular weight excluding hydrogens is 396 g/mol. The first-order valence-electron chi connectivity index (χ1n) is 10.5. The molecule has 1 saturated heterocycles. The summed E-state index contributed by atoms with van der Waals surface area (Å²) in [7, 11) is 0.809. The number of benzene rings is 2. The van der Waals surface area contributed by atoms with Crippen LogP contribution in [0.4, 0.5) is 5.69 Å². The highest BCUT2D eigenvalue weighted by molar-refractivity contribution is 7.84. The van der Waals surface area contributed by atoms with Crippen molar-refractivity contribution in [3.8, 4) is 5.75 Å². The van der Waals surface area contributed by atoms with Crippen LogP contribution in [-0.4, -0.2) is 67.2 Å². The standard InChI is InChI=1S/C23H32N4O2S/c1-3-24-23(25-13-18-30(28)19-20-9-5-4-6-10-20)27-16-14-26(15-17-27)21-11-7-8-12-22(21)29-2/h4-12H,3,13-19H2,1-2H3,(H,24,25). The zero-order valence-corrected chi connectivity index (χ0v) is 18.7. The van der Waals surface area contributed by atoms with Crippen LogP contribution in [0.5, 0.6) is 5.75 Å². The Hall–Kier alpha value is -2.54. The maximum absolute atomic E-state index is 12.4. The summed E-state index contributed by atoms with van der Waals surface area (Å²) in [4.78, 5) is 9.39. The lowest BCUT2D eigenvalue weighted by atomic mass is 10.2. The van der Waals surface area contributed by atoms with Crippen molar-refractivity contribution < 1.29 is 8.95 Å². The molecule has 1 heterocycles. The van der Waals surface area contributed by atoms with Gasteiger partial charge in [0.25, 0.3) is 0 Å². The van der Waals surface area contributed by atoms with Gasteiger partial charge in [-0.2, -0.15) is 0 Å². The molecule has 0 saturated carbocycles. The Morgan fingerprint density at radius 2 is 1.77 bits per heavy atom. The van der Waals surface area contributed by atoms with Gasteiger partial charge in [-0.15, -0.1) is 0 Å². The molecule has 2 aromatic carbocycles. The Labute approximate surface area is 182 Å². The van der Waals surface area contributed by atoms with Gasteiger partial charge in [-0.25, -0.2) is 0 Å². The first-order valence-corrected chi connectivity index (χ1v) is 12.0. The second kappa shape index (κ2) is 11.6. The molecule has 3 rings (SSSR count). The largest absolute Gasteiger partial charge is 0.495 e. The topological polar surface area (TPSA) is 57.2 Å². The predicted octanol–water partition coefficient (Wildman–Crippen LogP) is 2.73. The van der Waals surface area contributed by atoms with Gasteiger partial charge >= 0.3 is 0 Å². The van der Waals surface area contributed by atoms with Crippen LogP contribution in [0.3, 0.4) is 0 Å². The highest BCUT2D eigenvalue weighted by atomic mass is 32.2. The molecule has 0 radical (unpaired) electrons. The van der Waals surface area contributed by atoms with Crippen molar-refractivity contribution in [3.05, 3.63) is 60.2 Å². The van der Waals surface area contributed by atoms with Crippen LogP contribution in [0, 0.1) is 0 Å². The van der Waals surface area contributed by atoms with E-state index < -0.39 is 10.8 Å². The third kappa shape index (κ3) is 6.23. The van der Waals surface area contributed by atoms with Crippen molar-refractivity contribution in [2.75, 3.05) is 57.0 Å². The smallest absolute Gasteiger partial charge is 0.194 e. The average molecular weight is 429 g/mol. The molecule has 1 aliphatic rings. The highest BCUT2D eigenvalue weighted by Gasteiger charge is 2.21. The molecule has 1 atom stereocenters. The van der Waals surface area contributed by atoms with Crippen LogP contribution in [0.15, 0.2) is 59.6 Å². The van der Waals surface area contributed by atoms with E-state index in [2.05, 4.69) is 28.1 Å². The number of rotatable bonds is 8. The highest BCUT2D eigenvalue weighted by Crippen LogP contribution is 2.28. The van der Waals surface area contributed by atoms with Gasteiger partial charge in [-0.3, -0.25) is 9.20 Å². The molecule has 1 N–H and O–H groups in total. The van der Waals surface area contributed by atoms with Crippen molar-refractivity contribution in [1.82, 2.24) is 10.2 Å². The number of nitrogens with one attached hydrogen (secondary N) is 1. The molecule has 0 aromatic heterocycles. The van der Waals surface area contributed by atoms with Crippen molar-refractivity contribution >= 4 is 22.4 Å². The zero-order valence-electron chi connectivity index (χ0n) is 17.9. The average Bonchev–Trinajstić information content (AvgIpc) is 2.79. The van der Waals surface area contributed by atoms with Gasteiger partial charge in [0.2, 0.25) is 0 Å². The van der Waals surface area contributed by atoms with E-state index in [1.165, 1.54) is 0 Å². The SMILES string of the molecule is CCNC(=NCCS(=O)Cc1ccccc1)N1CCN(c2ccccc2OC)CC1. The lowest BCUT2D eigenvalue weighted by molar-refractivity contribution is 0.367. The minimum Gasteiger partial charge on any atom is -0.495 e. The fraction of sp³-hybridized carbons (Fsp3) is 0.435. The number of aliphatic imine (C=N–C) groups is 1. The van der Waals surface area contributed by atoms with E-state index in [9.17, 15) is 4.21 Å². The summed E-state index contributed by atoms with van der Waals surface area (Å²) in [5.74, 6) is 2.98. The Balaban J connectivity index is 1.53. The molecule has 30 heavy (non-hydrogen) atoms. The van der Waals surface area contributed by atoms with Crippen LogP contribution in [0.25, 0.3) is 0 Å². The maximum Gasteiger partial charge on any atom is 0.194 e. The minimum absolute atomic E-state index is 0.564. The summed E-state index contributed by atoms with van der Waals surface area (Å²) >= 11 is 0. The second-order valence-electron chi connectivity index (χ2n) is 7.16. The zero-order chi connectivity index (χ0) is 21.2. The van der Waals surface area contributed by atoms with Gasteiger partial charge in [0, 0.05) is 55.0 Å². The van der Waals surface area contributed by atoms with E-state index in [1.54, 1.807) is 7.11 Å². The van der Waals surface area contributed by atoms with Crippen molar-refractivity contribution in [2.24, 2.45) is 4.99 Å². The van der Waals surface area contributed by atoms with Crippen molar-refractivity contribution in [2.45, 2.75) is 12.7 Å². The van der Waals surface area contributed by atoms with Gasteiger partial charge in [-0.05, 0) is 24.6 Å².